The van der Waals surface area contributed by atoms with Crippen molar-refractivity contribution in [3.8, 4) is 0 Å². The Hall–Kier alpha value is -1.24. The molecule has 1 nitrogen and oxygen atoms in total. The second-order valence-electron chi connectivity index (χ2n) is 4.32. The SMILES string of the molecule is CCCCCc1c[nH]c2ccc(C)cc12. The molecule has 0 aliphatic heterocycles. The van der Waals surface area contributed by atoms with Gasteiger partial charge in [-0.2, -0.15) is 0 Å². The van der Waals surface area contributed by atoms with E-state index in [-0.39, 0.29) is 0 Å². The summed E-state index contributed by atoms with van der Waals surface area (Å²) in [5.74, 6) is 0. The Morgan fingerprint density at radius 2 is 2.07 bits per heavy atom. The summed E-state index contributed by atoms with van der Waals surface area (Å²) >= 11 is 0. The third-order valence-electron chi connectivity index (χ3n) is 2.97. The second kappa shape index (κ2) is 4.52. The highest BCUT2D eigenvalue weighted by molar-refractivity contribution is 5.83. The van der Waals surface area contributed by atoms with Crippen LogP contribution < -0.4 is 0 Å². The van der Waals surface area contributed by atoms with Gasteiger partial charge in [0.05, 0.1) is 0 Å². The molecule has 0 saturated heterocycles. The van der Waals surface area contributed by atoms with Crippen molar-refractivity contribution in [3.05, 3.63) is 35.5 Å². The first kappa shape index (κ1) is 10.3. The van der Waals surface area contributed by atoms with Crippen molar-refractivity contribution in [1.82, 2.24) is 4.98 Å². The summed E-state index contributed by atoms with van der Waals surface area (Å²) < 4.78 is 0. The highest BCUT2D eigenvalue weighted by atomic mass is 14.7. The fourth-order valence-corrected chi connectivity index (χ4v) is 2.06. The lowest BCUT2D eigenvalue weighted by Crippen LogP contribution is -1.83. The van der Waals surface area contributed by atoms with Gasteiger partial charge in [-0.05, 0) is 37.5 Å². The number of unbranched alkanes of at least 4 members (excludes halogenated alkanes) is 2. The Morgan fingerprint density at radius 3 is 2.87 bits per heavy atom. The average molecular weight is 201 g/mol. The summed E-state index contributed by atoms with van der Waals surface area (Å²) in [6.45, 7) is 4.40. The maximum Gasteiger partial charge on any atom is 0.0456 e. The highest BCUT2D eigenvalue weighted by Gasteiger charge is 2.02. The Balaban J connectivity index is 2.23. The molecule has 80 valence electrons. The highest BCUT2D eigenvalue weighted by Crippen LogP contribution is 2.21. The lowest BCUT2D eigenvalue weighted by Gasteiger charge is -1.99. The molecule has 0 spiro atoms. The summed E-state index contributed by atoms with van der Waals surface area (Å²) in [4.78, 5) is 3.34. The first-order valence-corrected chi connectivity index (χ1v) is 5.88. The van der Waals surface area contributed by atoms with Crippen molar-refractivity contribution in [2.24, 2.45) is 0 Å². The molecule has 0 bridgehead atoms. The van der Waals surface area contributed by atoms with Crippen LogP contribution in [-0.2, 0) is 6.42 Å². The van der Waals surface area contributed by atoms with Crippen LogP contribution in [0.25, 0.3) is 10.9 Å². The topological polar surface area (TPSA) is 15.8 Å². The van der Waals surface area contributed by atoms with Crippen LogP contribution in [0.2, 0.25) is 0 Å². The van der Waals surface area contributed by atoms with Crippen LogP contribution in [0.15, 0.2) is 24.4 Å². The van der Waals surface area contributed by atoms with Crippen molar-refractivity contribution in [1.29, 1.82) is 0 Å². The molecule has 0 amide bonds. The van der Waals surface area contributed by atoms with Crippen LogP contribution in [0.4, 0.5) is 0 Å². The number of nitrogens with one attached hydrogen (secondary N) is 1. The predicted octanol–water partition coefficient (Wildman–Crippen LogP) is 4.21. The van der Waals surface area contributed by atoms with Gasteiger partial charge in [0.15, 0.2) is 0 Å². The average Bonchev–Trinajstić information content (AvgIpc) is 2.62. The van der Waals surface area contributed by atoms with E-state index in [9.17, 15) is 0 Å². The van der Waals surface area contributed by atoms with Gasteiger partial charge in [0.2, 0.25) is 0 Å². The van der Waals surface area contributed by atoms with Gasteiger partial charge in [-0.1, -0.05) is 31.4 Å². The lowest BCUT2D eigenvalue weighted by atomic mass is 10.0. The van der Waals surface area contributed by atoms with Crippen LogP contribution in [0.3, 0.4) is 0 Å². The van der Waals surface area contributed by atoms with Crippen LogP contribution in [0, 0.1) is 6.92 Å². The molecular formula is C14H19N. The third-order valence-corrected chi connectivity index (χ3v) is 2.97. The van der Waals surface area contributed by atoms with Crippen LogP contribution in [-0.4, -0.2) is 4.98 Å². The molecule has 0 fully saturated rings. The van der Waals surface area contributed by atoms with Crippen molar-refractivity contribution in [2.45, 2.75) is 39.5 Å². The third kappa shape index (κ3) is 2.23. The monoisotopic (exact) mass is 201 g/mol. The van der Waals surface area contributed by atoms with E-state index in [1.807, 2.05) is 0 Å². The molecule has 1 aromatic carbocycles. The maximum atomic E-state index is 3.34. The van der Waals surface area contributed by atoms with Crippen LogP contribution in [0.1, 0.15) is 37.3 Å². The number of H-pyrrole nitrogens is 1. The molecule has 1 heterocycles. The standard InChI is InChI=1S/C14H19N/c1-3-4-5-6-12-10-15-14-8-7-11(2)9-13(12)14/h7-10,15H,3-6H2,1-2H3. The van der Waals surface area contributed by atoms with E-state index in [1.165, 1.54) is 47.7 Å². The number of fused-ring (bicyclic) bond motifs is 1. The minimum Gasteiger partial charge on any atom is -0.361 e. The van der Waals surface area contributed by atoms with Gasteiger partial charge in [0.25, 0.3) is 0 Å². The Morgan fingerprint density at radius 1 is 1.20 bits per heavy atom. The largest absolute Gasteiger partial charge is 0.361 e. The summed E-state index contributed by atoms with van der Waals surface area (Å²) in [6, 6.07) is 6.62. The predicted molar refractivity (Wildman–Crippen MR) is 66.3 cm³/mol. The number of hydrogen-bond donors (Lipinski definition) is 1. The van der Waals surface area contributed by atoms with E-state index < -0.39 is 0 Å². The van der Waals surface area contributed by atoms with Crippen molar-refractivity contribution in [2.75, 3.05) is 0 Å². The number of benzene rings is 1. The molecule has 15 heavy (non-hydrogen) atoms. The van der Waals surface area contributed by atoms with E-state index in [0.717, 1.165) is 0 Å². The van der Waals surface area contributed by atoms with E-state index in [0.29, 0.717) is 0 Å². The van der Waals surface area contributed by atoms with Crippen molar-refractivity contribution >= 4 is 10.9 Å². The molecule has 0 unspecified atom stereocenters. The molecule has 1 heteroatoms. The molecule has 1 N–H and O–H groups in total. The van der Waals surface area contributed by atoms with Gasteiger partial charge in [-0.15, -0.1) is 0 Å². The van der Waals surface area contributed by atoms with Gasteiger partial charge in [-0.3, -0.25) is 0 Å². The molecule has 1 aromatic heterocycles. The molecule has 0 saturated carbocycles. The Kier molecular flexibility index (Phi) is 3.10. The zero-order valence-corrected chi connectivity index (χ0v) is 9.64. The molecule has 0 aliphatic rings. The maximum absolute atomic E-state index is 3.34. The molecule has 2 rings (SSSR count). The number of aromatic amines is 1. The second-order valence-corrected chi connectivity index (χ2v) is 4.32. The van der Waals surface area contributed by atoms with Gasteiger partial charge in [-0.25, -0.2) is 0 Å². The van der Waals surface area contributed by atoms with Gasteiger partial charge < -0.3 is 4.98 Å². The zero-order chi connectivity index (χ0) is 10.7. The minimum absolute atomic E-state index is 1.21. The number of hydrogen-bond acceptors (Lipinski definition) is 0. The lowest BCUT2D eigenvalue weighted by molar-refractivity contribution is 0.719. The first-order valence-electron chi connectivity index (χ1n) is 5.88. The summed E-state index contributed by atoms with van der Waals surface area (Å²) in [5.41, 5.74) is 4.09. The number of rotatable bonds is 4. The summed E-state index contributed by atoms with van der Waals surface area (Å²) in [6.07, 6.45) is 7.30. The molecule has 0 radical (unpaired) electrons. The molecule has 0 aliphatic carbocycles. The van der Waals surface area contributed by atoms with Gasteiger partial charge in [0, 0.05) is 17.1 Å². The van der Waals surface area contributed by atoms with Crippen LogP contribution in [0.5, 0.6) is 0 Å². The van der Waals surface area contributed by atoms with Gasteiger partial charge in [0.1, 0.15) is 0 Å². The zero-order valence-electron chi connectivity index (χ0n) is 9.64. The number of aromatic nitrogens is 1. The van der Waals surface area contributed by atoms with Crippen molar-refractivity contribution in [3.63, 3.8) is 0 Å². The molecule has 2 aromatic rings. The first-order chi connectivity index (χ1) is 7.31. The molecule has 0 atom stereocenters. The van der Waals surface area contributed by atoms with Gasteiger partial charge >= 0.3 is 0 Å². The minimum atomic E-state index is 1.21. The summed E-state index contributed by atoms with van der Waals surface area (Å²) in [5, 5.41) is 1.41. The van der Waals surface area contributed by atoms with E-state index in [1.54, 1.807) is 0 Å². The quantitative estimate of drug-likeness (QED) is 0.713. The fraction of sp³-hybridized carbons (Fsp3) is 0.429. The van der Waals surface area contributed by atoms with E-state index in [4.69, 9.17) is 0 Å². The smallest absolute Gasteiger partial charge is 0.0456 e. The normalized spacial score (nSPS) is 11.1. The van der Waals surface area contributed by atoms with E-state index in [2.05, 4.69) is 43.2 Å². The van der Waals surface area contributed by atoms with E-state index >= 15 is 0 Å². The number of aryl methyl sites for hydroxylation is 2. The summed E-state index contributed by atoms with van der Waals surface area (Å²) in [7, 11) is 0. The Labute approximate surface area is 91.5 Å². The Bertz CT molecular complexity index is 440. The molecular weight excluding hydrogens is 182 g/mol. The fourth-order valence-electron chi connectivity index (χ4n) is 2.06. The van der Waals surface area contributed by atoms with Crippen LogP contribution >= 0.6 is 0 Å². The van der Waals surface area contributed by atoms with Crippen molar-refractivity contribution < 1.29 is 0 Å².